The van der Waals surface area contributed by atoms with Gasteiger partial charge in [0.05, 0.1) is 12.2 Å². The second-order valence-electron chi connectivity index (χ2n) is 5.45. The first-order valence-electron chi connectivity index (χ1n) is 7.79. The number of esters is 1. The molecule has 0 aliphatic rings. The molecule has 0 atom stereocenters. The van der Waals surface area contributed by atoms with Crippen LogP contribution in [0.3, 0.4) is 0 Å². The fraction of sp³-hybridized carbons (Fsp3) is 0.333. The number of carbonyl (C=O) groups excluding carboxylic acids is 2. The number of thiophene rings is 1. The molecule has 5 nitrogen and oxygen atoms in total. The van der Waals surface area contributed by atoms with Crippen LogP contribution in [0, 0.1) is 20.8 Å². The van der Waals surface area contributed by atoms with Gasteiger partial charge in [-0.2, -0.15) is 0 Å². The first-order chi connectivity index (χ1) is 11.8. The minimum Gasteiger partial charge on any atom is -0.483 e. The second kappa shape index (κ2) is 8.36. The SMILES string of the molecule is CCOC(=O)c1c(NC(=O)COc2ccc(Cl)cc2C)sc(C)c1C. The number of amides is 1. The lowest BCUT2D eigenvalue weighted by Gasteiger charge is -2.10. The number of hydrogen-bond donors (Lipinski definition) is 1. The van der Waals surface area contributed by atoms with Gasteiger partial charge in [-0.05, 0) is 57.0 Å². The minimum atomic E-state index is -0.436. The molecule has 1 N–H and O–H groups in total. The lowest BCUT2D eigenvalue weighted by Crippen LogP contribution is -2.21. The molecule has 0 aliphatic heterocycles. The topological polar surface area (TPSA) is 64.6 Å². The van der Waals surface area contributed by atoms with Gasteiger partial charge < -0.3 is 14.8 Å². The highest BCUT2D eigenvalue weighted by molar-refractivity contribution is 7.16. The maximum absolute atomic E-state index is 12.2. The van der Waals surface area contributed by atoms with Crippen molar-refractivity contribution in [1.29, 1.82) is 0 Å². The number of ether oxygens (including phenoxy) is 2. The Morgan fingerprint density at radius 2 is 1.96 bits per heavy atom. The van der Waals surface area contributed by atoms with Crippen LogP contribution in [0.25, 0.3) is 0 Å². The molecule has 0 radical (unpaired) electrons. The van der Waals surface area contributed by atoms with Crippen LogP contribution in [0.4, 0.5) is 5.00 Å². The third-order valence-corrected chi connectivity index (χ3v) is 4.97. The zero-order chi connectivity index (χ0) is 18.6. The molecule has 1 aromatic heterocycles. The summed E-state index contributed by atoms with van der Waals surface area (Å²) >= 11 is 7.24. The van der Waals surface area contributed by atoms with E-state index >= 15 is 0 Å². The van der Waals surface area contributed by atoms with Gasteiger partial charge in [-0.25, -0.2) is 4.79 Å². The van der Waals surface area contributed by atoms with Gasteiger partial charge in [-0.1, -0.05) is 11.6 Å². The van der Waals surface area contributed by atoms with E-state index in [9.17, 15) is 9.59 Å². The number of carbonyl (C=O) groups is 2. The fourth-order valence-electron chi connectivity index (χ4n) is 2.24. The molecular formula is C18H20ClNO4S. The summed E-state index contributed by atoms with van der Waals surface area (Å²) in [7, 11) is 0. The number of nitrogens with one attached hydrogen (secondary N) is 1. The molecule has 1 heterocycles. The Kier molecular flexibility index (Phi) is 6.45. The van der Waals surface area contributed by atoms with Crippen LogP contribution in [0.1, 0.15) is 33.3 Å². The van der Waals surface area contributed by atoms with Crippen LogP contribution in [0.5, 0.6) is 5.75 Å². The fourth-order valence-corrected chi connectivity index (χ4v) is 3.54. The molecule has 7 heteroatoms. The van der Waals surface area contributed by atoms with Crippen molar-refractivity contribution < 1.29 is 19.1 Å². The molecule has 0 aliphatic carbocycles. The van der Waals surface area contributed by atoms with E-state index in [1.807, 2.05) is 20.8 Å². The van der Waals surface area contributed by atoms with Crippen LogP contribution >= 0.6 is 22.9 Å². The molecule has 0 saturated carbocycles. The largest absolute Gasteiger partial charge is 0.483 e. The molecule has 2 rings (SSSR count). The number of halogens is 1. The number of hydrogen-bond acceptors (Lipinski definition) is 5. The third-order valence-electron chi connectivity index (χ3n) is 3.61. The van der Waals surface area contributed by atoms with Gasteiger partial charge in [0.15, 0.2) is 6.61 Å². The zero-order valence-electron chi connectivity index (χ0n) is 14.6. The van der Waals surface area contributed by atoms with Crippen molar-refractivity contribution >= 4 is 39.8 Å². The molecule has 134 valence electrons. The minimum absolute atomic E-state index is 0.166. The summed E-state index contributed by atoms with van der Waals surface area (Å²) in [5.74, 6) is -0.195. The third kappa shape index (κ3) is 4.74. The van der Waals surface area contributed by atoms with Gasteiger partial charge in [-0.3, -0.25) is 4.79 Å². The van der Waals surface area contributed by atoms with Gasteiger partial charge in [0, 0.05) is 9.90 Å². The van der Waals surface area contributed by atoms with E-state index in [4.69, 9.17) is 21.1 Å². The van der Waals surface area contributed by atoms with E-state index < -0.39 is 5.97 Å². The molecule has 2 aromatic rings. The van der Waals surface area contributed by atoms with Crippen LogP contribution in [-0.4, -0.2) is 25.1 Å². The quantitative estimate of drug-likeness (QED) is 0.747. The normalized spacial score (nSPS) is 10.4. The molecule has 0 saturated heterocycles. The first kappa shape index (κ1) is 19.3. The molecule has 25 heavy (non-hydrogen) atoms. The lowest BCUT2D eigenvalue weighted by molar-refractivity contribution is -0.118. The van der Waals surface area contributed by atoms with E-state index in [1.54, 1.807) is 25.1 Å². The molecule has 1 aromatic carbocycles. The van der Waals surface area contributed by atoms with Gasteiger partial charge >= 0.3 is 5.97 Å². The lowest BCUT2D eigenvalue weighted by atomic mass is 10.1. The summed E-state index contributed by atoms with van der Waals surface area (Å²) in [4.78, 5) is 25.3. The van der Waals surface area contributed by atoms with Crippen molar-refractivity contribution in [2.24, 2.45) is 0 Å². The monoisotopic (exact) mass is 381 g/mol. The molecule has 0 spiro atoms. The van der Waals surface area contributed by atoms with Crippen molar-refractivity contribution in [3.63, 3.8) is 0 Å². The Morgan fingerprint density at radius 1 is 1.24 bits per heavy atom. The average Bonchev–Trinajstić information content (AvgIpc) is 2.81. The summed E-state index contributed by atoms with van der Waals surface area (Å²) in [5.41, 5.74) is 2.06. The van der Waals surface area contributed by atoms with Gasteiger partial charge in [0.2, 0.25) is 0 Å². The van der Waals surface area contributed by atoms with Gasteiger partial charge in [0.25, 0.3) is 5.91 Å². The van der Waals surface area contributed by atoms with E-state index in [2.05, 4.69) is 5.32 Å². The summed E-state index contributed by atoms with van der Waals surface area (Å²) in [6.07, 6.45) is 0. The van der Waals surface area contributed by atoms with Crippen molar-refractivity contribution in [3.8, 4) is 5.75 Å². The Labute approximate surface area is 155 Å². The highest BCUT2D eigenvalue weighted by atomic mass is 35.5. The predicted molar refractivity (Wildman–Crippen MR) is 100 cm³/mol. The van der Waals surface area contributed by atoms with Crippen molar-refractivity contribution in [3.05, 3.63) is 44.8 Å². The predicted octanol–water partition coefficient (Wildman–Crippen LogP) is 4.52. The number of rotatable bonds is 6. The van der Waals surface area contributed by atoms with Crippen molar-refractivity contribution in [2.45, 2.75) is 27.7 Å². The van der Waals surface area contributed by atoms with E-state index in [0.29, 0.717) is 21.3 Å². The van der Waals surface area contributed by atoms with Crippen LogP contribution in [-0.2, 0) is 9.53 Å². The van der Waals surface area contributed by atoms with Crippen LogP contribution < -0.4 is 10.1 Å². The first-order valence-corrected chi connectivity index (χ1v) is 8.98. The number of anilines is 1. The molecule has 0 unspecified atom stereocenters. The summed E-state index contributed by atoms with van der Waals surface area (Å²) < 4.78 is 10.6. The summed E-state index contributed by atoms with van der Waals surface area (Å²) in [6.45, 7) is 7.43. The Hall–Kier alpha value is -2.05. The van der Waals surface area contributed by atoms with Crippen LogP contribution in [0.15, 0.2) is 18.2 Å². The highest BCUT2D eigenvalue weighted by Gasteiger charge is 2.22. The van der Waals surface area contributed by atoms with E-state index in [0.717, 1.165) is 16.0 Å². The van der Waals surface area contributed by atoms with Crippen molar-refractivity contribution in [2.75, 3.05) is 18.5 Å². The molecule has 0 bridgehead atoms. The van der Waals surface area contributed by atoms with E-state index in [1.165, 1.54) is 11.3 Å². The Bertz CT molecular complexity index is 801. The summed E-state index contributed by atoms with van der Waals surface area (Å²) in [6, 6.07) is 5.18. The standard InChI is InChI=1S/C18H20ClNO4S/c1-5-23-18(22)16-11(3)12(4)25-17(16)20-15(21)9-24-14-7-6-13(19)8-10(14)2/h6-8H,5,9H2,1-4H3,(H,20,21). The average molecular weight is 382 g/mol. The number of benzene rings is 1. The van der Waals surface area contributed by atoms with Gasteiger partial charge in [-0.15, -0.1) is 11.3 Å². The molecule has 0 fully saturated rings. The van der Waals surface area contributed by atoms with Crippen LogP contribution in [0.2, 0.25) is 5.02 Å². The molecular weight excluding hydrogens is 362 g/mol. The number of aryl methyl sites for hydroxylation is 2. The van der Waals surface area contributed by atoms with E-state index in [-0.39, 0.29) is 19.1 Å². The second-order valence-corrected chi connectivity index (χ2v) is 7.12. The van der Waals surface area contributed by atoms with Gasteiger partial charge in [0.1, 0.15) is 10.8 Å². The highest BCUT2D eigenvalue weighted by Crippen LogP contribution is 2.33. The Balaban J connectivity index is 2.08. The van der Waals surface area contributed by atoms with Crippen molar-refractivity contribution in [1.82, 2.24) is 0 Å². The Morgan fingerprint density at radius 3 is 2.60 bits per heavy atom. The maximum Gasteiger partial charge on any atom is 0.341 e. The maximum atomic E-state index is 12.2. The molecule has 1 amide bonds. The zero-order valence-corrected chi connectivity index (χ0v) is 16.1. The smallest absolute Gasteiger partial charge is 0.341 e. The summed E-state index contributed by atoms with van der Waals surface area (Å²) in [5, 5.41) is 3.83.